The van der Waals surface area contributed by atoms with E-state index in [1.165, 1.54) is 12.1 Å². The zero-order valence-corrected chi connectivity index (χ0v) is 11.4. The summed E-state index contributed by atoms with van der Waals surface area (Å²) in [5.74, 6) is -0.442. The van der Waals surface area contributed by atoms with E-state index in [1.54, 1.807) is 19.1 Å². The second-order valence-electron chi connectivity index (χ2n) is 4.26. The number of fused-ring (bicyclic) bond motifs is 1. The maximum Gasteiger partial charge on any atom is 0.294 e. The lowest BCUT2D eigenvalue weighted by molar-refractivity contribution is -0.115. The maximum atomic E-state index is 11.3. The molecule has 0 spiro atoms. The number of anilines is 1. The molecule has 0 saturated carbocycles. The van der Waals surface area contributed by atoms with Crippen LogP contribution in [0.5, 0.6) is 5.75 Å². The van der Waals surface area contributed by atoms with Crippen molar-refractivity contribution in [2.75, 3.05) is 5.32 Å². The fraction of sp³-hybridized carbons (Fsp3) is 0.154. The van der Waals surface area contributed by atoms with Crippen molar-refractivity contribution in [1.82, 2.24) is 0 Å². The number of phenolic OH excluding ortho intramolecular Hbond substituents is 1. The number of aromatic hydroxyl groups is 1. The molecule has 0 fully saturated rings. The highest BCUT2D eigenvalue weighted by Crippen LogP contribution is 2.30. The third kappa shape index (κ3) is 2.89. The second kappa shape index (κ2) is 5.10. The van der Waals surface area contributed by atoms with Crippen molar-refractivity contribution < 1.29 is 22.9 Å². The molecule has 0 atom stereocenters. The molecule has 1 amide bonds. The van der Waals surface area contributed by atoms with E-state index >= 15 is 0 Å². The van der Waals surface area contributed by atoms with Gasteiger partial charge in [-0.3, -0.25) is 9.35 Å². The molecular formula is C13H13NO5S. The largest absolute Gasteiger partial charge is 0.507 e. The number of carbonyl (C=O) groups excluding carboxylic acids is 1. The van der Waals surface area contributed by atoms with Gasteiger partial charge in [0.2, 0.25) is 5.91 Å². The first-order valence-electron chi connectivity index (χ1n) is 5.85. The van der Waals surface area contributed by atoms with Gasteiger partial charge in [-0.25, -0.2) is 0 Å². The summed E-state index contributed by atoms with van der Waals surface area (Å²) < 4.78 is 31.2. The lowest BCUT2D eigenvalue weighted by atomic mass is 10.1. The summed E-state index contributed by atoms with van der Waals surface area (Å²) >= 11 is 0. The zero-order valence-electron chi connectivity index (χ0n) is 10.6. The molecule has 0 aliphatic rings. The van der Waals surface area contributed by atoms with Crippen LogP contribution in [0.25, 0.3) is 10.8 Å². The van der Waals surface area contributed by atoms with Crippen LogP contribution in [0.15, 0.2) is 35.2 Å². The van der Waals surface area contributed by atoms with Crippen LogP contribution in [-0.4, -0.2) is 24.0 Å². The molecule has 0 bridgehead atoms. The van der Waals surface area contributed by atoms with Gasteiger partial charge < -0.3 is 10.4 Å². The molecule has 0 radical (unpaired) electrons. The Hall–Kier alpha value is -2.12. The molecule has 20 heavy (non-hydrogen) atoms. The van der Waals surface area contributed by atoms with E-state index in [0.717, 1.165) is 6.07 Å². The Morgan fingerprint density at radius 3 is 2.55 bits per heavy atom. The number of carbonyl (C=O) groups is 1. The van der Waals surface area contributed by atoms with E-state index in [4.69, 9.17) is 4.55 Å². The Bertz CT molecular complexity index is 783. The minimum Gasteiger partial charge on any atom is -0.507 e. The van der Waals surface area contributed by atoms with Gasteiger partial charge >= 0.3 is 0 Å². The lowest BCUT2D eigenvalue weighted by Crippen LogP contribution is -2.09. The number of benzene rings is 2. The van der Waals surface area contributed by atoms with Gasteiger partial charge in [-0.2, -0.15) is 8.42 Å². The van der Waals surface area contributed by atoms with Gasteiger partial charge in [-0.1, -0.05) is 6.92 Å². The summed E-state index contributed by atoms with van der Waals surface area (Å²) in [6, 6.07) is 6.89. The first-order chi connectivity index (χ1) is 9.31. The predicted molar refractivity (Wildman–Crippen MR) is 74.3 cm³/mol. The van der Waals surface area contributed by atoms with Gasteiger partial charge in [0, 0.05) is 23.6 Å². The van der Waals surface area contributed by atoms with Gasteiger partial charge in [-0.05, 0) is 29.7 Å². The van der Waals surface area contributed by atoms with Gasteiger partial charge in [0.15, 0.2) is 0 Å². The third-order valence-electron chi connectivity index (χ3n) is 2.81. The molecule has 106 valence electrons. The standard InChI is InChI=1S/C13H13NO5S/c1-2-13(16)14-9-3-4-11-8(5-9)6-10(7-12(11)15)20(17,18)19/h3-7,15H,2H2,1H3,(H,14,16)(H,17,18,19). The molecule has 0 aliphatic heterocycles. The molecule has 2 aromatic carbocycles. The molecule has 0 aromatic heterocycles. The molecule has 2 aromatic rings. The van der Waals surface area contributed by atoms with Crippen LogP contribution in [0.1, 0.15) is 13.3 Å². The van der Waals surface area contributed by atoms with E-state index in [-0.39, 0.29) is 11.7 Å². The first kappa shape index (κ1) is 14.3. The highest BCUT2D eigenvalue weighted by atomic mass is 32.2. The van der Waals surface area contributed by atoms with Gasteiger partial charge in [0.25, 0.3) is 10.1 Å². The number of hydrogen-bond acceptors (Lipinski definition) is 4. The van der Waals surface area contributed by atoms with Crippen LogP contribution in [0, 0.1) is 0 Å². The number of nitrogens with one attached hydrogen (secondary N) is 1. The summed E-state index contributed by atoms with van der Waals surface area (Å²) in [4.78, 5) is 10.9. The zero-order chi connectivity index (χ0) is 14.9. The predicted octanol–water partition coefficient (Wildman–Crippen LogP) is 2.14. The SMILES string of the molecule is CCC(=O)Nc1ccc2c(O)cc(S(=O)(=O)O)cc2c1. The fourth-order valence-corrected chi connectivity index (χ4v) is 2.34. The average Bonchev–Trinajstić information content (AvgIpc) is 2.37. The first-order valence-corrected chi connectivity index (χ1v) is 7.29. The molecule has 3 N–H and O–H groups in total. The summed E-state index contributed by atoms with van der Waals surface area (Å²) in [6.45, 7) is 1.71. The van der Waals surface area contributed by atoms with E-state index in [0.29, 0.717) is 22.9 Å². The maximum absolute atomic E-state index is 11.3. The average molecular weight is 295 g/mol. The number of phenols is 1. The summed E-state index contributed by atoms with van der Waals surface area (Å²) in [5.41, 5.74) is 0.483. The Morgan fingerprint density at radius 1 is 1.25 bits per heavy atom. The van der Waals surface area contributed by atoms with Crippen LogP contribution in [-0.2, 0) is 14.9 Å². The summed E-state index contributed by atoms with van der Waals surface area (Å²) in [7, 11) is -4.40. The van der Waals surface area contributed by atoms with Crippen molar-refractivity contribution in [3.8, 4) is 5.75 Å². The molecule has 0 heterocycles. The minimum absolute atomic E-state index is 0.181. The Labute approximate surface area is 115 Å². The lowest BCUT2D eigenvalue weighted by Gasteiger charge is -2.08. The number of hydrogen-bond donors (Lipinski definition) is 3. The Kier molecular flexibility index (Phi) is 3.65. The van der Waals surface area contributed by atoms with E-state index in [2.05, 4.69) is 5.32 Å². The highest BCUT2D eigenvalue weighted by Gasteiger charge is 2.13. The van der Waals surface area contributed by atoms with Crippen molar-refractivity contribution in [3.05, 3.63) is 30.3 Å². The topological polar surface area (TPSA) is 104 Å². The van der Waals surface area contributed by atoms with Gasteiger partial charge in [0.05, 0.1) is 4.90 Å². The van der Waals surface area contributed by atoms with E-state index in [9.17, 15) is 18.3 Å². The second-order valence-corrected chi connectivity index (χ2v) is 5.68. The number of amides is 1. The normalized spacial score (nSPS) is 11.5. The molecule has 0 aliphatic carbocycles. The molecule has 2 rings (SSSR count). The van der Waals surface area contributed by atoms with Gasteiger partial charge in [0.1, 0.15) is 5.75 Å². The summed E-state index contributed by atoms with van der Waals surface area (Å²) in [6.07, 6.45) is 0.314. The van der Waals surface area contributed by atoms with Crippen LogP contribution in [0.3, 0.4) is 0 Å². The Morgan fingerprint density at radius 2 is 1.95 bits per heavy atom. The van der Waals surface area contributed by atoms with Crippen molar-refractivity contribution in [2.24, 2.45) is 0 Å². The monoisotopic (exact) mass is 295 g/mol. The van der Waals surface area contributed by atoms with E-state index in [1.807, 2.05) is 0 Å². The van der Waals surface area contributed by atoms with E-state index < -0.39 is 15.0 Å². The van der Waals surface area contributed by atoms with Crippen molar-refractivity contribution in [3.63, 3.8) is 0 Å². The summed E-state index contributed by atoms with van der Waals surface area (Å²) in [5, 5.41) is 13.2. The van der Waals surface area contributed by atoms with Crippen molar-refractivity contribution in [2.45, 2.75) is 18.2 Å². The fourth-order valence-electron chi connectivity index (χ4n) is 1.80. The van der Waals surface area contributed by atoms with Gasteiger partial charge in [-0.15, -0.1) is 0 Å². The van der Waals surface area contributed by atoms with Crippen LogP contribution in [0.2, 0.25) is 0 Å². The van der Waals surface area contributed by atoms with Crippen LogP contribution >= 0.6 is 0 Å². The highest BCUT2D eigenvalue weighted by molar-refractivity contribution is 7.85. The quantitative estimate of drug-likeness (QED) is 0.753. The molecule has 0 saturated heterocycles. The molecule has 6 nitrogen and oxygen atoms in total. The molecule has 0 unspecified atom stereocenters. The van der Waals surface area contributed by atoms with Crippen molar-refractivity contribution in [1.29, 1.82) is 0 Å². The van der Waals surface area contributed by atoms with Crippen LogP contribution < -0.4 is 5.32 Å². The molecule has 7 heteroatoms. The number of rotatable bonds is 3. The molecular weight excluding hydrogens is 282 g/mol. The third-order valence-corrected chi connectivity index (χ3v) is 3.64. The van der Waals surface area contributed by atoms with Crippen molar-refractivity contribution >= 4 is 32.5 Å². The smallest absolute Gasteiger partial charge is 0.294 e. The van der Waals surface area contributed by atoms with Crippen LogP contribution in [0.4, 0.5) is 5.69 Å². The Balaban J connectivity index is 2.58. The minimum atomic E-state index is -4.40.